The quantitative estimate of drug-likeness (QED) is 0.634. The number of furan rings is 1. The Hall–Kier alpha value is -1.57. The van der Waals surface area contributed by atoms with Gasteiger partial charge in [-0.2, -0.15) is 0 Å². The molecule has 0 bridgehead atoms. The summed E-state index contributed by atoms with van der Waals surface area (Å²) in [6.07, 6.45) is 2.11. The van der Waals surface area contributed by atoms with Crippen LogP contribution < -0.4 is 0 Å². The summed E-state index contributed by atoms with van der Waals surface area (Å²) in [6, 6.07) is 6.35. The molecule has 76 valence electrons. The van der Waals surface area contributed by atoms with Gasteiger partial charge in [0.15, 0.2) is 0 Å². The molecule has 0 amide bonds. The normalized spacial score (nSPS) is 15.2. The third-order valence-electron chi connectivity index (χ3n) is 2.96. The summed E-state index contributed by atoms with van der Waals surface area (Å²) < 4.78 is 5.75. The molecule has 2 aromatic rings. The summed E-state index contributed by atoms with van der Waals surface area (Å²) in [7, 11) is 0. The average Bonchev–Trinajstić information content (AvgIpc) is 2.53. The van der Waals surface area contributed by atoms with Gasteiger partial charge >= 0.3 is 0 Å². The Morgan fingerprint density at radius 2 is 2.07 bits per heavy atom. The molecule has 0 saturated heterocycles. The van der Waals surface area contributed by atoms with E-state index in [-0.39, 0.29) is 0 Å². The zero-order valence-electron chi connectivity index (χ0n) is 9.00. The van der Waals surface area contributed by atoms with Crippen LogP contribution in [0.2, 0.25) is 0 Å². The van der Waals surface area contributed by atoms with Gasteiger partial charge in [-0.3, -0.25) is 0 Å². The number of benzene rings is 1. The molecule has 0 N–H and O–H groups in total. The van der Waals surface area contributed by atoms with E-state index in [1.165, 1.54) is 22.2 Å². The average molecular weight is 199 g/mol. The molecule has 15 heavy (non-hydrogen) atoms. The molecular weight excluding hydrogens is 186 g/mol. The first-order valence-corrected chi connectivity index (χ1v) is 5.30. The molecule has 0 unspecified atom stereocenters. The maximum Gasteiger partial charge on any atom is 0.223 e. The second kappa shape index (κ2) is 2.96. The zero-order chi connectivity index (χ0) is 10.4. The molecule has 0 spiro atoms. The number of rotatable bonds is 0. The highest BCUT2D eigenvalue weighted by molar-refractivity contribution is 5.92. The van der Waals surface area contributed by atoms with E-state index in [9.17, 15) is 0 Å². The fourth-order valence-electron chi connectivity index (χ4n) is 2.11. The Kier molecular flexibility index (Phi) is 1.72. The summed E-state index contributed by atoms with van der Waals surface area (Å²) in [4.78, 5) is 4.46. The van der Waals surface area contributed by atoms with Crippen LogP contribution in [0.25, 0.3) is 11.0 Å². The molecule has 3 rings (SSSR count). The molecule has 0 saturated carbocycles. The predicted molar refractivity (Wildman–Crippen MR) is 62.0 cm³/mol. The summed E-state index contributed by atoms with van der Waals surface area (Å²) in [5.41, 5.74) is 4.64. The summed E-state index contributed by atoms with van der Waals surface area (Å²) in [6.45, 7) is 4.14. The van der Waals surface area contributed by atoms with Gasteiger partial charge in [-0.1, -0.05) is 12.1 Å². The standard InChI is InChI=1S/C13H13NO/c1-8-3-5-10-11-6-4-9(2)14-13(11)15-12(10)7-8/h3,5,7H,4,6H2,1-2H3. The van der Waals surface area contributed by atoms with Crippen molar-refractivity contribution in [3.8, 4) is 0 Å². The predicted octanol–water partition coefficient (Wildman–Crippen LogP) is 3.78. The maximum absolute atomic E-state index is 5.75. The van der Waals surface area contributed by atoms with Gasteiger partial charge < -0.3 is 4.42 Å². The SMILES string of the molecule is CC1=Nc2oc3cc(C)ccc3c2CC1. The van der Waals surface area contributed by atoms with Crippen LogP contribution in [0.15, 0.2) is 27.6 Å². The molecule has 2 nitrogen and oxygen atoms in total. The Morgan fingerprint density at radius 1 is 1.20 bits per heavy atom. The fourth-order valence-corrected chi connectivity index (χ4v) is 2.11. The van der Waals surface area contributed by atoms with Crippen molar-refractivity contribution in [3.63, 3.8) is 0 Å². The molecule has 1 aliphatic heterocycles. The maximum atomic E-state index is 5.75. The Bertz CT molecular complexity index is 563. The van der Waals surface area contributed by atoms with Crippen LogP contribution in [-0.4, -0.2) is 5.71 Å². The van der Waals surface area contributed by atoms with Crippen molar-refractivity contribution in [2.75, 3.05) is 0 Å². The molecule has 1 aromatic heterocycles. The van der Waals surface area contributed by atoms with Crippen molar-refractivity contribution in [3.05, 3.63) is 29.3 Å². The molecule has 1 aliphatic rings. The third kappa shape index (κ3) is 1.29. The van der Waals surface area contributed by atoms with E-state index < -0.39 is 0 Å². The second-order valence-corrected chi connectivity index (χ2v) is 4.23. The van der Waals surface area contributed by atoms with Crippen molar-refractivity contribution < 1.29 is 4.42 Å². The van der Waals surface area contributed by atoms with Gasteiger partial charge in [0.1, 0.15) is 5.58 Å². The summed E-state index contributed by atoms with van der Waals surface area (Å²) in [5, 5.41) is 1.23. The molecule has 2 heteroatoms. The first kappa shape index (κ1) is 8.72. The minimum absolute atomic E-state index is 0.819. The zero-order valence-corrected chi connectivity index (χ0v) is 9.00. The first-order chi connectivity index (χ1) is 7.24. The smallest absolute Gasteiger partial charge is 0.223 e. The Morgan fingerprint density at radius 3 is 2.93 bits per heavy atom. The van der Waals surface area contributed by atoms with E-state index in [1.54, 1.807) is 0 Å². The van der Waals surface area contributed by atoms with Crippen molar-refractivity contribution in [1.82, 2.24) is 0 Å². The van der Waals surface area contributed by atoms with Crippen LogP contribution in [0.4, 0.5) is 5.88 Å². The number of nitrogens with zero attached hydrogens (tertiary/aromatic N) is 1. The topological polar surface area (TPSA) is 25.5 Å². The number of hydrogen-bond acceptors (Lipinski definition) is 2. The van der Waals surface area contributed by atoms with Crippen LogP contribution in [0.5, 0.6) is 0 Å². The van der Waals surface area contributed by atoms with Crippen molar-refractivity contribution in [2.45, 2.75) is 26.7 Å². The Labute approximate surface area is 88.6 Å². The van der Waals surface area contributed by atoms with E-state index in [2.05, 4.69) is 37.0 Å². The summed E-state index contributed by atoms with van der Waals surface area (Å²) >= 11 is 0. The monoisotopic (exact) mass is 199 g/mol. The number of aryl methyl sites for hydroxylation is 2. The minimum atomic E-state index is 0.819. The third-order valence-corrected chi connectivity index (χ3v) is 2.96. The van der Waals surface area contributed by atoms with Crippen LogP contribution in [0.1, 0.15) is 24.5 Å². The van der Waals surface area contributed by atoms with E-state index in [4.69, 9.17) is 4.42 Å². The summed E-state index contributed by atoms with van der Waals surface area (Å²) in [5.74, 6) is 0.819. The van der Waals surface area contributed by atoms with Crippen molar-refractivity contribution in [1.29, 1.82) is 0 Å². The van der Waals surface area contributed by atoms with Crippen LogP contribution in [0, 0.1) is 6.92 Å². The van der Waals surface area contributed by atoms with E-state index in [0.29, 0.717) is 0 Å². The van der Waals surface area contributed by atoms with E-state index >= 15 is 0 Å². The van der Waals surface area contributed by atoms with Crippen molar-refractivity contribution >= 4 is 22.6 Å². The van der Waals surface area contributed by atoms with Gasteiger partial charge in [0.05, 0.1) is 0 Å². The molecule has 0 aliphatic carbocycles. The van der Waals surface area contributed by atoms with Gasteiger partial charge in [0.25, 0.3) is 0 Å². The lowest BCUT2D eigenvalue weighted by Crippen LogP contribution is -1.99. The molecule has 0 fully saturated rings. The van der Waals surface area contributed by atoms with Gasteiger partial charge in [-0.15, -0.1) is 0 Å². The second-order valence-electron chi connectivity index (χ2n) is 4.23. The largest absolute Gasteiger partial charge is 0.438 e. The molecule has 1 aromatic carbocycles. The lowest BCUT2D eigenvalue weighted by molar-refractivity contribution is 0.617. The van der Waals surface area contributed by atoms with Gasteiger partial charge in [0, 0.05) is 16.7 Å². The van der Waals surface area contributed by atoms with Gasteiger partial charge in [0.2, 0.25) is 5.88 Å². The number of hydrogen-bond donors (Lipinski definition) is 0. The van der Waals surface area contributed by atoms with E-state index in [0.717, 1.165) is 24.3 Å². The van der Waals surface area contributed by atoms with Gasteiger partial charge in [-0.25, -0.2) is 4.99 Å². The molecule has 0 radical (unpaired) electrons. The fraction of sp³-hybridized carbons (Fsp3) is 0.308. The molecular formula is C13H13NO. The van der Waals surface area contributed by atoms with E-state index in [1.807, 2.05) is 0 Å². The molecule has 2 heterocycles. The highest BCUT2D eigenvalue weighted by Crippen LogP contribution is 2.36. The number of fused-ring (bicyclic) bond motifs is 3. The van der Waals surface area contributed by atoms with Crippen molar-refractivity contribution in [2.24, 2.45) is 4.99 Å². The highest BCUT2D eigenvalue weighted by Gasteiger charge is 2.17. The lowest BCUT2D eigenvalue weighted by Gasteiger charge is -2.06. The number of aliphatic imine (C=N–C) groups is 1. The first-order valence-electron chi connectivity index (χ1n) is 5.30. The Balaban J connectivity index is 2.33. The van der Waals surface area contributed by atoms with Crippen LogP contribution in [0.3, 0.4) is 0 Å². The molecule has 0 atom stereocenters. The van der Waals surface area contributed by atoms with Crippen LogP contribution >= 0.6 is 0 Å². The van der Waals surface area contributed by atoms with Crippen LogP contribution in [-0.2, 0) is 6.42 Å². The van der Waals surface area contributed by atoms with Gasteiger partial charge in [-0.05, 0) is 38.3 Å². The lowest BCUT2D eigenvalue weighted by atomic mass is 10.0. The highest BCUT2D eigenvalue weighted by atomic mass is 16.3. The minimum Gasteiger partial charge on any atom is -0.438 e.